The Morgan fingerprint density at radius 1 is 1.30 bits per heavy atom. The monoisotopic (exact) mass is 372 g/mol. The number of carbonyl (C=O) groups is 2. The molecule has 1 N–H and O–H groups in total. The van der Waals surface area contributed by atoms with E-state index in [2.05, 4.69) is 4.98 Å². The third kappa shape index (κ3) is 4.43. The van der Waals surface area contributed by atoms with Crippen LogP contribution in [0.4, 0.5) is 0 Å². The number of hydrogen-bond acceptors (Lipinski definition) is 4. The molecule has 2 rings (SSSR count). The van der Waals surface area contributed by atoms with Crippen LogP contribution in [0.5, 0.6) is 0 Å². The number of thiazole rings is 1. The third-order valence-electron chi connectivity index (χ3n) is 3.15. The molecule has 1 aromatic heterocycles. The van der Waals surface area contributed by atoms with Crippen LogP contribution in [-0.2, 0) is 4.79 Å². The summed E-state index contributed by atoms with van der Waals surface area (Å²) < 4.78 is 0. The Kier molecular flexibility index (Phi) is 5.98. The smallest absolute Gasteiger partial charge is 0.305 e. The van der Waals surface area contributed by atoms with Gasteiger partial charge in [0.15, 0.2) is 0 Å². The maximum absolute atomic E-state index is 12.4. The average molecular weight is 373 g/mol. The summed E-state index contributed by atoms with van der Waals surface area (Å²) in [5, 5.41) is 11.9. The van der Waals surface area contributed by atoms with Crippen molar-refractivity contribution in [3.8, 4) is 10.6 Å². The second-order valence-electron chi connectivity index (χ2n) is 4.70. The number of amides is 1. The molecule has 0 atom stereocenters. The first-order valence-electron chi connectivity index (χ1n) is 6.84. The van der Waals surface area contributed by atoms with Crippen molar-refractivity contribution in [2.45, 2.75) is 13.3 Å². The standard InChI is InChI=1S/C15H14Cl2N2O3S/c1-2-19(6-5-13(20)21)15(22)12-8-23-14(18-12)9-3-4-10(16)11(17)7-9/h3-4,7-8H,2,5-6H2,1H3,(H,20,21). The SMILES string of the molecule is CCN(CCC(=O)O)C(=O)c1csc(-c2ccc(Cl)c(Cl)c2)n1. The lowest BCUT2D eigenvalue weighted by Gasteiger charge is -2.18. The number of hydrogen-bond donors (Lipinski definition) is 1. The fraction of sp³-hybridized carbons (Fsp3) is 0.267. The fourth-order valence-corrected chi connectivity index (χ4v) is 3.02. The number of benzene rings is 1. The van der Waals surface area contributed by atoms with Gasteiger partial charge in [-0.25, -0.2) is 4.98 Å². The minimum absolute atomic E-state index is 0.0939. The summed E-state index contributed by atoms with van der Waals surface area (Å²) in [6.07, 6.45) is -0.0939. The van der Waals surface area contributed by atoms with Gasteiger partial charge in [-0.1, -0.05) is 29.3 Å². The van der Waals surface area contributed by atoms with Crippen LogP contribution < -0.4 is 0 Å². The van der Waals surface area contributed by atoms with E-state index in [1.165, 1.54) is 16.2 Å². The van der Waals surface area contributed by atoms with Gasteiger partial charge >= 0.3 is 5.97 Å². The molecule has 0 saturated heterocycles. The summed E-state index contributed by atoms with van der Waals surface area (Å²) in [5.74, 6) is -1.22. The van der Waals surface area contributed by atoms with E-state index < -0.39 is 5.97 Å². The second-order valence-corrected chi connectivity index (χ2v) is 6.37. The zero-order valence-corrected chi connectivity index (χ0v) is 14.6. The average Bonchev–Trinajstić information content (AvgIpc) is 3.00. The Hall–Kier alpha value is -1.63. The van der Waals surface area contributed by atoms with Crippen molar-refractivity contribution in [1.82, 2.24) is 9.88 Å². The molecule has 1 aromatic carbocycles. The van der Waals surface area contributed by atoms with Gasteiger partial charge < -0.3 is 10.0 Å². The fourth-order valence-electron chi connectivity index (χ4n) is 1.93. The Bertz CT molecular complexity index is 733. The molecule has 0 unspecified atom stereocenters. The van der Waals surface area contributed by atoms with Gasteiger partial charge in [-0.05, 0) is 19.1 Å². The number of carboxylic acids is 1. The summed E-state index contributed by atoms with van der Waals surface area (Å²) in [5.41, 5.74) is 1.07. The molecule has 0 spiro atoms. The maximum Gasteiger partial charge on any atom is 0.305 e. The van der Waals surface area contributed by atoms with Crippen LogP contribution in [0.2, 0.25) is 10.0 Å². The van der Waals surface area contributed by atoms with Crippen molar-refractivity contribution in [3.63, 3.8) is 0 Å². The van der Waals surface area contributed by atoms with E-state index in [0.29, 0.717) is 27.3 Å². The highest BCUT2D eigenvalue weighted by molar-refractivity contribution is 7.13. The number of rotatable bonds is 6. The molecule has 0 aliphatic heterocycles. The molecule has 1 heterocycles. The van der Waals surface area contributed by atoms with Gasteiger partial charge in [-0.3, -0.25) is 9.59 Å². The van der Waals surface area contributed by atoms with Crippen LogP contribution in [0, 0.1) is 0 Å². The van der Waals surface area contributed by atoms with Gasteiger partial charge in [0.05, 0.1) is 16.5 Å². The second kappa shape index (κ2) is 7.77. The predicted molar refractivity (Wildman–Crippen MR) is 91.4 cm³/mol. The molecule has 23 heavy (non-hydrogen) atoms. The van der Waals surface area contributed by atoms with E-state index in [9.17, 15) is 9.59 Å². The number of aliphatic carboxylic acids is 1. The number of aromatic nitrogens is 1. The molecule has 8 heteroatoms. The Morgan fingerprint density at radius 2 is 2.04 bits per heavy atom. The molecule has 0 aliphatic carbocycles. The summed E-state index contributed by atoms with van der Waals surface area (Å²) in [6.45, 7) is 2.38. The summed E-state index contributed by atoms with van der Waals surface area (Å²) in [7, 11) is 0. The van der Waals surface area contributed by atoms with E-state index in [0.717, 1.165) is 5.56 Å². The molecule has 0 radical (unpaired) electrons. The molecule has 0 bridgehead atoms. The van der Waals surface area contributed by atoms with Gasteiger partial charge in [0.2, 0.25) is 0 Å². The van der Waals surface area contributed by atoms with Gasteiger partial charge in [0.25, 0.3) is 5.91 Å². The first kappa shape index (κ1) is 17.7. The Morgan fingerprint density at radius 3 is 2.65 bits per heavy atom. The highest BCUT2D eigenvalue weighted by atomic mass is 35.5. The van der Waals surface area contributed by atoms with Crippen LogP contribution in [-0.4, -0.2) is 40.0 Å². The van der Waals surface area contributed by atoms with Crippen LogP contribution in [0.1, 0.15) is 23.8 Å². The summed E-state index contributed by atoms with van der Waals surface area (Å²) in [4.78, 5) is 28.8. The largest absolute Gasteiger partial charge is 0.481 e. The van der Waals surface area contributed by atoms with Crippen molar-refractivity contribution in [2.24, 2.45) is 0 Å². The molecule has 122 valence electrons. The first-order valence-corrected chi connectivity index (χ1v) is 8.48. The van der Waals surface area contributed by atoms with Crippen molar-refractivity contribution in [2.75, 3.05) is 13.1 Å². The van der Waals surface area contributed by atoms with Crippen LogP contribution in [0.15, 0.2) is 23.6 Å². The van der Waals surface area contributed by atoms with Crippen molar-refractivity contribution < 1.29 is 14.7 Å². The lowest BCUT2D eigenvalue weighted by atomic mass is 10.2. The lowest BCUT2D eigenvalue weighted by molar-refractivity contribution is -0.137. The molecular weight excluding hydrogens is 359 g/mol. The molecular formula is C15H14Cl2N2O3S. The van der Waals surface area contributed by atoms with Gasteiger partial charge in [-0.15, -0.1) is 11.3 Å². The molecule has 1 amide bonds. The minimum atomic E-state index is -0.939. The number of carboxylic acid groups (broad SMARTS) is 1. The normalized spacial score (nSPS) is 10.6. The first-order chi connectivity index (χ1) is 10.9. The molecule has 2 aromatic rings. The van der Waals surface area contributed by atoms with Crippen LogP contribution in [0.3, 0.4) is 0 Å². The Balaban J connectivity index is 2.18. The van der Waals surface area contributed by atoms with E-state index in [1.54, 1.807) is 30.5 Å². The van der Waals surface area contributed by atoms with Crippen LogP contribution >= 0.6 is 34.5 Å². The highest BCUT2D eigenvalue weighted by Crippen LogP contribution is 2.30. The van der Waals surface area contributed by atoms with E-state index in [1.807, 2.05) is 0 Å². The van der Waals surface area contributed by atoms with Crippen LogP contribution in [0.25, 0.3) is 10.6 Å². The summed E-state index contributed by atoms with van der Waals surface area (Å²) in [6, 6.07) is 5.15. The van der Waals surface area contributed by atoms with E-state index in [4.69, 9.17) is 28.3 Å². The quantitative estimate of drug-likeness (QED) is 0.829. The van der Waals surface area contributed by atoms with E-state index in [-0.39, 0.29) is 18.9 Å². The number of carbonyl (C=O) groups excluding carboxylic acids is 1. The lowest BCUT2D eigenvalue weighted by Crippen LogP contribution is -2.33. The third-order valence-corrected chi connectivity index (χ3v) is 4.78. The molecule has 0 fully saturated rings. The zero-order chi connectivity index (χ0) is 17.0. The number of halogens is 2. The van der Waals surface area contributed by atoms with Crippen molar-refractivity contribution in [3.05, 3.63) is 39.3 Å². The molecule has 5 nitrogen and oxygen atoms in total. The van der Waals surface area contributed by atoms with E-state index >= 15 is 0 Å². The topological polar surface area (TPSA) is 70.5 Å². The summed E-state index contributed by atoms with van der Waals surface area (Å²) >= 11 is 13.2. The maximum atomic E-state index is 12.4. The Labute approximate surface area is 147 Å². The highest BCUT2D eigenvalue weighted by Gasteiger charge is 2.19. The van der Waals surface area contributed by atoms with Crippen molar-refractivity contribution >= 4 is 46.4 Å². The van der Waals surface area contributed by atoms with Gasteiger partial charge in [0, 0.05) is 24.0 Å². The van der Waals surface area contributed by atoms with Gasteiger partial charge in [-0.2, -0.15) is 0 Å². The predicted octanol–water partition coefficient (Wildman–Crippen LogP) is 4.05. The van der Waals surface area contributed by atoms with Crippen molar-refractivity contribution in [1.29, 1.82) is 0 Å². The zero-order valence-electron chi connectivity index (χ0n) is 12.3. The number of nitrogens with zero attached hydrogens (tertiary/aromatic N) is 2. The molecule has 0 saturated carbocycles. The minimum Gasteiger partial charge on any atom is -0.481 e. The molecule has 0 aliphatic rings. The van der Waals surface area contributed by atoms with Gasteiger partial charge in [0.1, 0.15) is 10.7 Å².